The number of aromatic nitrogens is 4. The van der Waals surface area contributed by atoms with Gasteiger partial charge in [0.1, 0.15) is 29.4 Å². The normalized spacial score (nSPS) is 17.9. The molecular formula is C40H48N7O7P. The van der Waals surface area contributed by atoms with E-state index in [4.69, 9.17) is 33.7 Å². The standard InChI is InChI=1S/C40H48N7O7P/c1-27(2)47(28(3)4)55(52-24-10-21-41)54-34-25-36(45-22-23-46-38(45)43-37(42)44-39(46)48)53-35(34)26-51-40(29-11-8-7-9-12-29,30-13-17-32(49-5)18-14-30)31-15-19-33(50-6)20-16-31/h7-9,11-20,22-23,27-28,34-36H,10,24-26H2,1-6H3,(H2,42,44,48)/t34-,35+,36+,55?/m0/s1. The second-order valence-electron chi connectivity index (χ2n) is 13.6. The lowest BCUT2D eigenvalue weighted by Crippen LogP contribution is -2.39. The fourth-order valence-corrected chi connectivity index (χ4v) is 8.74. The Bertz CT molecular complexity index is 2050. The van der Waals surface area contributed by atoms with Crippen molar-refractivity contribution in [3.05, 3.63) is 118 Å². The summed E-state index contributed by atoms with van der Waals surface area (Å²) in [5.74, 6) is 1.57. The SMILES string of the molecule is COc1ccc(C(OC[C@H]2O[C@@H](n3ccn4c(=O)nc(N)nc34)C[C@@H]2OP(OCCC#N)N(C(C)C)C(C)C)(c2ccccc2)c2ccc(OC)cc2)cc1. The van der Waals surface area contributed by atoms with Crippen LogP contribution < -0.4 is 20.9 Å². The lowest BCUT2D eigenvalue weighted by atomic mass is 9.80. The molecule has 290 valence electrons. The number of methoxy groups -OCH3 is 2. The molecule has 0 radical (unpaired) electrons. The van der Waals surface area contributed by atoms with Crippen molar-refractivity contribution in [2.24, 2.45) is 0 Å². The Morgan fingerprint density at radius 2 is 1.53 bits per heavy atom. The number of nitrogen functional groups attached to an aromatic ring is 1. The van der Waals surface area contributed by atoms with Gasteiger partial charge in [-0.3, -0.25) is 4.57 Å². The summed E-state index contributed by atoms with van der Waals surface area (Å²) < 4.78 is 43.8. The zero-order valence-electron chi connectivity index (χ0n) is 31.9. The Morgan fingerprint density at radius 1 is 0.927 bits per heavy atom. The number of nitrogens with two attached hydrogens (primary N) is 1. The number of hydrogen-bond donors (Lipinski definition) is 1. The molecule has 1 saturated heterocycles. The van der Waals surface area contributed by atoms with Gasteiger partial charge in [-0.05, 0) is 68.7 Å². The monoisotopic (exact) mass is 769 g/mol. The maximum atomic E-state index is 12.7. The largest absolute Gasteiger partial charge is 0.497 e. The van der Waals surface area contributed by atoms with Gasteiger partial charge in [-0.1, -0.05) is 54.6 Å². The molecule has 14 nitrogen and oxygen atoms in total. The average molecular weight is 770 g/mol. The van der Waals surface area contributed by atoms with Gasteiger partial charge in [-0.25, -0.2) is 13.9 Å². The molecule has 3 heterocycles. The molecule has 0 spiro atoms. The first-order valence-electron chi connectivity index (χ1n) is 18.2. The fraction of sp³-hybridized carbons (Fsp3) is 0.400. The highest BCUT2D eigenvalue weighted by atomic mass is 31.2. The minimum absolute atomic E-state index is 0.0785. The van der Waals surface area contributed by atoms with E-state index in [1.807, 2.05) is 78.9 Å². The maximum Gasteiger partial charge on any atom is 0.357 e. The van der Waals surface area contributed by atoms with Crippen molar-refractivity contribution in [3.63, 3.8) is 0 Å². The Hall–Kier alpha value is -4.87. The fourth-order valence-electron chi connectivity index (χ4n) is 6.98. The van der Waals surface area contributed by atoms with Gasteiger partial charge in [0, 0.05) is 30.9 Å². The first kappa shape index (κ1) is 39.8. The van der Waals surface area contributed by atoms with E-state index >= 15 is 0 Å². The molecule has 0 bridgehead atoms. The number of rotatable bonds is 17. The van der Waals surface area contributed by atoms with Crippen LogP contribution in [0.5, 0.6) is 11.5 Å². The smallest absolute Gasteiger partial charge is 0.357 e. The second-order valence-corrected chi connectivity index (χ2v) is 15.0. The molecule has 3 aromatic carbocycles. The first-order valence-corrected chi connectivity index (χ1v) is 19.3. The molecule has 1 unspecified atom stereocenters. The van der Waals surface area contributed by atoms with E-state index in [9.17, 15) is 10.1 Å². The number of nitriles is 1. The van der Waals surface area contributed by atoms with Crippen molar-refractivity contribution in [1.29, 1.82) is 5.26 Å². The van der Waals surface area contributed by atoms with Gasteiger partial charge in [0.05, 0.1) is 46.0 Å². The van der Waals surface area contributed by atoms with Crippen molar-refractivity contribution in [2.45, 2.75) is 76.7 Å². The minimum Gasteiger partial charge on any atom is -0.497 e. The Morgan fingerprint density at radius 3 is 2.09 bits per heavy atom. The molecule has 1 aliphatic heterocycles. The maximum absolute atomic E-state index is 12.7. The number of fused-ring (bicyclic) bond motifs is 1. The van der Waals surface area contributed by atoms with Crippen LogP contribution in [0.4, 0.5) is 5.95 Å². The van der Waals surface area contributed by atoms with Crippen LogP contribution in [-0.2, 0) is 24.1 Å². The summed E-state index contributed by atoms with van der Waals surface area (Å²) in [7, 11) is 1.62. The molecule has 0 aliphatic carbocycles. The third kappa shape index (κ3) is 8.53. The van der Waals surface area contributed by atoms with E-state index in [0.717, 1.165) is 16.7 Å². The lowest BCUT2D eigenvalue weighted by molar-refractivity contribution is -0.0912. The number of imidazole rings is 1. The predicted octanol–water partition coefficient (Wildman–Crippen LogP) is 6.45. The zero-order chi connectivity index (χ0) is 39.1. The summed E-state index contributed by atoms with van der Waals surface area (Å²) >= 11 is 0. The van der Waals surface area contributed by atoms with Crippen molar-refractivity contribution in [2.75, 3.05) is 33.2 Å². The summed E-state index contributed by atoms with van der Waals surface area (Å²) in [5, 5.41) is 9.34. The molecule has 0 saturated carbocycles. The summed E-state index contributed by atoms with van der Waals surface area (Å²) in [6.07, 6.45) is 2.09. The highest BCUT2D eigenvalue weighted by Gasteiger charge is 2.45. The number of nitrogens with zero attached hydrogens (tertiary/aromatic N) is 6. The van der Waals surface area contributed by atoms with Crippen LogP contribution in [0.3, 0.4) is 0 Å². The van der Waals surface area contributed by atoms with E-state index in [2.05, 4.69) is 48.4 Å². The van der Waals surface area contributed by atoms with Gasteiger partial charge >= 0.3 is 5.69 Å². The molecule has 6 rings (SSSR count). The lowest BCUT2D eigenvalue weighted by Gasteiger charge is -2.39. The van der Waals surface area contributed by atoms with Crippen molar-refractivity contribution >= 4 is 20.3 Å². The summed E-state index contributed by atoms with van der Waals surface area (Å²) in [6.45, 7) is 8.65. The number of benzene rings is 3. The van der Waals surface area contributed by atoms with Crippen molar-refractivity contribution in [1.82, 2.24) is 23.6 Å². The van der Waals surface area contributed by atoms with E-state index in [-0.39, 0.29) is 43.4 Å². The molecule has 1 fully saturated rings. The molecule has 2 N–H and O–H groups in total. The van der Waals surface area contributed by atoms with Crippen LogP contribution >= 0.6 is 8.53 Å². The number of anilines is 1. The Labute approximate surface area is 322 Å². The topological polar surface area (TPSA) is 161 Å². The molecule has 0 amide bonds. The molecular weight excluding hydrogens is 721 g/mol. The quantitative estimate of drug-likeness (QED) is 0.0627. The zero-order valence-corrected chi connectivity index (χ0v) is 32.8. The van der Waals surface area contributed by atoms with Crippen LogP contribution in [-0.4, -0.2) is 75.3 Å². The van der Waals surface area contributed by atoms with Gasteiger partial charge in [0.25, 0.3) is 8.53 Å². The molecule has 55 heavy (non-hydrogen) atoms. The van der Waals surface area contributed by atoms with Gasteiger partial charge < -0.3 is 33.7 Å². The Balaban J connectivity index is 1.44. The summed E-state index contributed by atoms with van der Waals surface area (Å²) in [6, 6.07) is 28.0. The summed E-state index contributed by atoms with van der Waals surface area (Å²) in [5.41, 5.74) is 6.90. The Kier molecular flexibility index (Phi) is 12.8. The minimum atomic E-state index is -1.65. The van der Waals surface area contributed by atoms with Crippen LogP contribution in [0, 0.1) is 11.3 Å². The van der Waals surface area contributed by atoms with Crippen molar-refractivity contribution in [3.8, 4) is 17.6 Å². The molecule has 4 atom stereocenters. The number of ether oxygens (including phenoxy) is 4. The van der Waals surface area contributed by atoms with E-state index in [0.29, 0.717) is 17.9 Å². The van der Waals surface area contributed by atoms with Gasteiger partial charge in [0.15, 0.2) is 0 Å². The van der Waals surface area contributed by atoms with Gasteiger partial charge in [-0.2, -0.15) is 15.2 Å². The molecule has 2 aromatic heterocycles. The van der Waals surface area contributed by atoms with Crippen LogP contribution in [0.25, 0.3) is 5.78 Å². The van der Waals surface area contributed by atoms with E-state index in [1.54, 1.807) is 31.2 Å². The third-order valence-electron chi connectivity index (χ3n) is 9.47. The van der Waals surface area contributed by atoms with E-state index < -0.39 is 38.3 Å². The molecule has 5 aromatic rings. The third-order valence-corrected chi connectivity index (χ3v) is 11.6. The predicted molar refractivity (Wildman–Crippen MR) is 209 cm³/mol. The highest BCUT2D eigenvalue weighted by molar-refractivity contribution is 7.44. The van der Waals surface area contributed by atoms with Gasteiger partial charge in [-0.15, -0.1) is 0 Å². The molecule has 15 heteroatoms. The van der Waals surface area contributed by atoms with Crippen LogP contribution in [0.1, 0.15) is 63.5 Å². The van der Waals surface area contributed by atoms with Gasteiger partial charge in [0.2, 0.25) is 11.7 Å². The van der Waals surface area contributed by atoms with Crippen molar-refractivity contribution < 1.29 is 28.0 Å². The highest BCUT2D eigenvalue weighted by Crippen LogP contribution is 2.51. The number of hydrogen-bond acceptors (Lipinski definition) is 12. The first-order chi connectivity index (χ1) is 26.6. The van der Waals surface area contributed by atoms with E-state index in [1.165, 1.54) is 4.40 Å². The van der Waals surface area contributed by atoms with Crippen LogP contribution in [0.2, 0.25) is 0 Å². The average Bonchev–Trinajstić information content (AvgIpc) is 3.79. The summed E-state index contributed by atoms with van der Waals surface area (Å²) in [4.78, 5) is 20.9. The second kappa shape index (κ2) is 17.7. The van der Waals surface area contributed by atoms with Crippen LogP contribution in [0.15, 0.2) is 96.1 Å². The molecule has 1 aliphatic rings.